The third-order valence-electron chi connectivity index (χ3n) is 2.99. The molecule has 1 amide bonds. The lowest BCUT2D eigenvalue weighted by molar-refractivity contribution is -0.121. The Bertz CT molecular complexity index is 505. The van der Waals surface area contributed by atoms with Crippen LogP contribution in [0.25, 0.3) is 0 Å². The number of thiazole rings is 1. The van der Waals surface area contributed by atoms with Crippen molar-refractivity contribution in [2.45, 2.75) is 18.9 Å². The first kappa shape index (κ1) is 14.1. The van der Waals surface area contributed by atoms with E-state index < -0.39 is 5.97 Å². The summed E-state index contributed by atoms with van der Waals surface area (Å²) in [6, 6.07) is -0.252. The second-order valence-corrected chi connectivity index (χ2v) is 5.41. The van der Waals surface area contributed by atoms with Gasteiger partial charge < -0.3 is 15.0 Å². The molecular formula is C11H14ClN3O3S. The number of carbonyl (C=O) groups is 2. The van der Waals surface area contributed by atoms with Gasteiger partial charge in [-0.1, -0.05) is 22.9 Å². The topological polar surface area (TPSA) is 71.5 Å². The van der Waals surface area contributed by atoms with Crippen LogP contribution in [0, 0.1) is 0 Å². The molecule has 0 aliphatic carbocycles. The number of rotatable bonds is 3. The molecule has 1 N–H and O–H groups in total. The maximum absolute atomic E-state index is 11.8. The fourth-order valence-electron chi connectivity index (χ4n) is 2.07. The van der Waals surface area contributed by atoms with Crippen LogP contribution in [-0.2, 0) is 9.53 Å². The van der Waals surface area contributed by atoms with Gasteiger partial charge in [-0.25, -0.2) is 9.78 Å². The third-order valence-corrected chi connectivity index (χ3v) is 4.45. The Morgan fingerprint density at radius 3 is 2.95 bits per heavy atom. The molecule has 1 fully saturated rings. The molecule has 104 valence electrons. The van der Waals surface area contributed by atoms with Crippen molar-refractivity contribution in [3.63, 3.8) is 0 Å². The Labute approximate surface area is 119 Å². The Hall–Kier alpha value is -1.34. The standard InChI is InChI=1S/C11H14ClN3O3S/c1-13-9(16)6-4-3-5-15(6)11-14-8(12)7(19-11)10(17)18-2/h6H,3-5H2,1-2H3,(H,13,16). The summed E-state index contributed by atoms with van der Waals surface area (Å²) in [7, 11) is 2.90. The molecule has 0 radical (unpaired) electrons. The average molecular weight is 304 g/mol. The van der Waals surface area contributed by atoms with Gasteiger partial charge in [0.2, 0.25) is 5.91 Å². The number of aromatic nitrogens is 1. The first-order chi connectivity index (χ1) is 9.08. The summed E-state index contributed by atoms with van der Waals surface area (Å²) in [6.45, 7) is 0.725. The predicted octanol–water partition coefficient (Wildman–Crippen LogP) is 1.30. The Morgan fingerprint density at radius 2 is 2.32 bits per heavy atom. The van der Waals surface area contributed by atoms with E-state index in [0.717, 1.165) is 30.7 Å². The number of methoxy groups -OCH3 is 1. The second kappa shape index (κ2) is 5.75. The molecule has 1 atom stereocenters. The molecule has 0 aromatic carbocycles. The second-order valence-electron chi connectivity index (χ2n) is 4.07. The summed E-state index contributed by atoms with van der Waals surface area (Å²) in [5.74, 6) is -0.562. The van der Waals surface area contributed by atoms with Crippen LogP contribution in [0.2, 0.25) is 5.15 Å². The van der Waals surface area contributed by atoms with Crippen LogP contribution in [-0.4, -0.2) is 43.6 Å². The predicted molar refractivity (Wildman–Crippen MR) is 72.9 cm³/mol. The molecule has 1 aliphatic rings. The van der Waals surface area contributed by atoms with E-state index in [0.29, 0.717) is 5.13 Å². The quantitative estimate of drug-likeness (QED) is 0.852. The van der Waals surface area contributed by atoms with Crippen LogP contribution in [0.15, 0.2) is 0 Å². The molecule has 8 heteroatoms. The lowest BCUT2D eigenvalue weighted by atomic mass is 10.2. The summed E-state index contributed by atoms with van der Waals surface area (Å²) in [6.07, 6.45) is 1.67. The number of hydrogen-bond acceptors (Lipinski definition) is 6. The number of esters is 1. The number of anilines is 1. The highest BCUT2D eigenvalue weighted by Gasteiger charge is 2.33. The Balaban J connectivity index is 2.26. The highest BCUT2D eigenvalue weighted by Crippen LogP contribution is 2.34. The third kappa shape index (κ3) is 2.66. The van der Waals surface area contributed by atoms with Crippen molar-refractivity contribution in [3.05, 3.63) is 10.0 Å². The Morgan fingerprint density at radius 1 is 1.58 bits per heavy atom. The maximum atomic E-state index is 11.8. The van der Waals surface area contributed by atoms with Crippen molar-refractivity contribution in [1.82, 2.24) is 10.3 Å². The molecule has 1 aliphatic heterocycles. The van der Waals surface area contributed by atoms with Crippen molar-refractivity contribution in [1.29, 1.82) is 0 Å². The molecule has 1 aromatic heterocycles. The molecule has 1 unspecified atom stereocenters. The summed E-state index contributed by atoms with van der Waals surface area (Å²) in [5.41, 5.74) is 0. The minimum Gasteiger partial charge on any atom is -0.465 e. The van der Waals surface area contributed by atoms with E-state index in [2.05, 4.69) is 15.0 Å². The number of hydrogen-bond donors (Lipinski definition) is 1. The number of ether oxygens (including phenoxy) is 1. The van der Waals surface area contributed by atoms with Crippen molar-refractivity contribution in [3.8, 4) is 0 Å². The summed E-state index contributed by atoms with van der Waals surface area (Å²) in [5, 5.41) is 3.33. The number of likely N-dealkylation sites (N-methyl/N-ethyl adjacent to an activating group) is 1. The smallest absolute Gasteiger partial charge is 0.351 e. The normalized spacial score (nSPS) is 18.5. The van der Waals surface area contributed by atoms with Gasteiger partial charge in [-0.05, 0) is 12.8 Å². The molecule has 0 spiro atoms. The highest BCUT2D eigenvalue weighted by atomic mass is 35.5. The largest absolute Gasteiger partial charge is 0.465 e. The minimum atomic E-state index is -0.510. The molecule has 2 heterocycles. The van der Waals surface area contributed by atoms with Crippen LogP contribution < -0.4 is 10.2 Å². The van der Waals surface area contributed by atoms with Gasteiger partial charge >= 0.3 is 5.97 Å². The van der Waals surface area contributed by atoms with E-state index in [-0.39, 0.29) is 22.0 Å². The molecular weight excluding hydrogens is 290 g/mol. The van der Waals surface area contributed by atoms with E-state index in [1.54, 1.807) is 7.05 Å². The number of nitrogens with one attached hydrogen (secondary N) is 1. The van der Waals surface area contributed by atoms with Crippen molar-refractivity contribution >= 4 is 39.9 Å². The SMILES string of the molecule is CNC(=O)C1CCCN1c1nc(Cl)c(C(=O)OC)s1. The van der Waals surface area contributed by atoms with Gasteiger partial charge in [-0.15, -0.1) is 0 Å². The molecule has 2 rings (SSSR count). The van der Waals surface area contributed by atoms with Gasteiger partial charge in [0, 0.05) is 13.6 Å². The van der Waals surface area contributed by atoms with Gasteiger partial charge in [0.1, 0.15) is 6.04 Å². The average Bonchev–Trinajstić information content (AvgIpc) is 3.03. The fourth-order valence-corrected chi connectivity index (χ4v) is 3.34. The van der Waals surface area contributed by atoms with E-state index in [4.69, 9.17) is 11.6 Å². The van der Waals surface area contributed by atoms with Crippen molar-refractivity contribution < 1.29 is 14.3 Å². The number of halogens is 1. The number of carbonyl (C=O) groups excluding carboxylic acids is 2. The summed E-state index contributed by atoms with van der Waals surface area (Å²) in [4.78, 5) is 29.6. The molecule has 0 bridgehead atoms. The first-order valence-electron chi connectivity index (χ1n) is 5.81. The molecule has 19 heavy (non-hydrogen) atoms. The monoisotopic (exact) mass is 303 g/mol. The lowest BCUT2D eigenvalue weighted by Crippen LogP contribution is -2.41. The highest BCUT2D eigenvalue weighted by molar-refractivity contribution is 7.18. The summed E-state index contributed by atoms with van der Waals surface area (Å²) < 4.78 is 4.64. The van der Waals surface area contributed by atoms with E-state index in [9.17, 15) is 9.59 Å². The van der Waals surface area contributed by atoms with Crippen LogP contribution in [0.3, 0.4) is 0 Å². The molecule has 0 saturated carbocycles. The van der Waals surface area contributed by atoms with Crippen molar-refractivity contribution in [2.75, 3.05) is 25.6 Å². The maximum Gasteiger partial charge on any atom is 0.351 e. The van der Waals surface area contributed by atoms with E-state index >= 15 is 0 Å². The zero-order valence-corrected chi connectivity index (χ0v) is 12.2. The zero-order chi connectivity index (χ0) is 14.0. The van der Waals surface area contributed by atoms with E-state index in [1.807, 2.05) is 4.90 Å². The van der Waals surface area contributed by atoms with Crippen LogP contribution in [0.4, 0.5) is 5.13 Å². The Kier molecular flexibility index (Phi) is 4.26. The minimum absolute atomic E-state index is 0.0524. The first-order valence-corrected chi connectivity index (χ1v) is 7.00. The molecule has 1 saturated heterocycles. The van der Waals surface area contributed by atoms with Gasteiger partial charge in [0.25, 0.3) is 0 Å². The van der Waals surface area contributed by atoms with Gasteiger partial charge in [-0.2, -0.15) is 0 Å². The zero-order valence-electron chi connectivity index (χ0n) is 10.6. The molecule has 6 nitrogen and oxygen atoms in total. The van der Waals surface area contributed by atoms with E-state index in [1.165, 1.54) is 7.11 Å². The lowest BCUT2D eigenvalue weighted by Gasteiger charge is -2.22. The molecule has 1 aromatic rings. The van der Waals surface area contributed by atoms with Crippen LogP contribution in [0.1, 0.15) is 22.5 Å². The van der Waals surface area contributed by atoms with Gasteiger partial charge in [-0.3, -0.25) is 4.79 Å². The van der Waals surface area contributed by atoms with Gasteiger partial charge in [0.05, 0.1) is 7.11 Å². The number of amides is 1. The van der Waals surface area contributed by atoms with Crippen LogP contribution in [0.5, 0.6) is 0 Å². The summed E-state index contributed by atoms with van der Waals surface area (Å²) >= 11 is 7.08. The van der Waals surface area contributed by atoms with Crippen LogP contribution >= 0.6 is 22.9 Å². The fraction of sp³-hybridized carbons (Fsp3) is 0.545. The number of nitrogens with zero attached hydrogens (tertiary/aromatic N) is 2. The van der Waals surface area contributed by atoms with Gasteiger partial charge in [0.15, 0.2) is 15.2 Å². The van der Waals surface area contributed by atoms with Crippen molar-refractivity contribution in [2.24, 2.45) is 0 Å².